The fourth-order valence-corrected chi connectivity index (χ4v) is 2.46. The molecule has 0 saturated carbocycles. The van der Waals surface area contributed by atoms with Crippen molar-refractivity contribution in [1.29, 1.82) is 5.26 Å². The zero-order valence-corrected chi connectivity index (χ0v) is 14.8. The van der Waals surface area contributed by atoms with Gasteiger partial charge in [-0.2, -0.15) is 5.26 Å². The van der Waals surface area contributed by atoms with Crippen molar-refractivity contribution in [3.05, 3.63) is 82.0 Å². The Bertz CT molecular complexity index is 980. The zero-order valence-electron chi connectivity index (χ0n) is 13.3. The molecule has 2 aromatic carbocycles. The molecule has 0 aliphatic carbocycles. The molecule has 3 aromatic rings. The molecule has 0 radical (unpaired) electrons. The van der Waals surface area contributed by atoms with Crippen molar-refractivity contribution in [1.82, 2.24) is 4.98 Å². The SMILES string of the molecule is N#Cc1ccc(Nc2ccc(NC(=O)c3ccc(Cl)c(Cl)c3)nc2)cc1. The first-order valence-corrected chi connectivity index (χ1v) is 8.30. The minimum absolute atomic E-state index is 0.314. The van der Waals surface area contributed by atoms with Gasteiger partial charge in [0.15, 0.2) is 0 Å². The van der Waals surface area contributed by atoms with Crippen LogP contribution < -0.4 is 10.6 Å². The van der Waals surface area contributed by atoms with Crippen LogP contribution in [0.4, 0.5) is 17.2 Å². The van der Waals surface area contributed by atoms with Crippen LogP contribution in [0, 0.1) is 11.3 Å². The number of carbonyl (C=O) groups excluding carboxylic acids is 1. The van der Waals surface area contributed by atoms with Crippen LogP contribution in [0.2, 0.25) is 10.0 Å². The predicted molar refractivity (Wildman–Crippen MR) is 103 cm³/mol. The Morgan fingerprint density at radius 1 is 0.962 bits per heavy atom. The maximum absolute atomic E-state index is 12.2. The van der Waals surface area contributed by atoms with Crippen LogP contribution in [0.3, 0.4) is 0 Å². The number of hydrogen-bond donors (Lipinski definition) is 2. The molecule has 1 aromatic heterocycles. The molecular formula is C19H12Cl2N4O. The van der Waals surface area contributed by atoms with Crippen LogP contribution in [-0.4, -0.2) is 10.9 Å². The van der Waals surface area contributed by atoms with Gasteiger partial charge in [-0.15, -0.1) is 0 Å². The highest BCUT2D eigenvalue weighted by Crippen LogP contribution is 2.23. The quantitative estimate of drug-likeness (QED) is 0.645. The van der Waals surface area contributed by atoms with Gasteiger partial charge in [-0.25, -0.2) is 4.98 Å². The molecule has 0 unspecified atom stereocenters. The van der Waals surface area contributed by atoms with E-state index in [4.69, 9.17) is 28.5 Å². The molecule has 3 rings (SSSR count). The van der Waals surface area contributed by atoms with Gasteiger partial charge in [0.2, 0.25) is 0 Å². The van der Waals surface area contributed by atoms with Gasteiger partial charge in [0.1, 0.15) is 5.82 Å². The number of nitrogens with zero attached hydrogens (tertiary/aromatic N) is 2. The van der Waals surface area contributed by atoms with Gasteiger partial charge < -0.3 is 10.6 Å². The number of benzene rings is 2. The summed E-state index contributed by atoms with van der Waals surface area (Å²) < 4.78 is 0. The molecule has 1 amide bonds. The third-order valence-corrected chi connectivity index (χ3v) is 4.23. The summed E-state index contributed by atoms with van der Waals surface area (Å²) >= 11 is 11.8. The van der Waals surface area contributed by atoms with Crippen molar-refractivity contribution in [3.8, 4) is 6.07 Å². The van der Waals surface area contributed by atoms with E-state index in [9.17, 15) is 4.79 Å². The van der Waals surface area contributed by atoms with Crippen LogP contribution in [-0.2, 0) is 0 Å². The Hall–Kier alpha value is -3.07. The molecule has 7 heteroatoms. The number of anilines is 3. The number of halogens is 2. The standard InChI is InChI=1S/C19H12Cl2N4O/c20-16-7-3-13(9-17(16)21)19(26)25-18-8-6-15(11-23-18)24-14-4-1-12(10-22)2-5-14/h1-9,11,24H,(H,23,25,26). The van der Waals surface area contributed by atoms with Crippen LogP contribution in [0.25, 0.3) is 0 Å². The highest BCUT2D eigenvalue weighted by Gasteiger charge is 2.09. The Morgan fingerprint density at radius 3 is 2.31 bits per heavy atom. The first-order valence-electron chi connectivity index (χ1n) is 7.55. The number of nitriles is 1. The van der Waals surface area contributed by atoms with E-state index in [2.05, 4.69) is 21.7 Å². The van der Waals surface area contributed by atoms with E-state index < -0.39 is 0 Å². The van der Waals surface area contributed by atoms with Crippen molar-refractivity contribution in [2.24, 2.45) is 0 Å². The van der Waals surface area contributed by atoms with Gasteiger partial charge in [0.25, 0.3) is 5.91 Å². The molecule has 1 heterocycles. The summed E-state index contributed by atoms with van der Waals surface area (Å²) in [6.45, 7) is 0. The topological polar surface area (TPSA) is 77.8 Å². The highest BCUT2D eigenvalue weighted by atomic mass is 35.5. The number of carbonyl (C=O) groups is 1. The molecule has 2 N–H and O–H groups in total. The molecule has 0 saturated heterocycles. The lowest BCUT2D eigenvalue weighted by Gasteiger charge is -2.08. The lowest BCUT2D eigenvalue weighted by Crippen LogP contribution is -2.12. The zero-order chi connectivity index (χ0) is 18.5. The summed E-state index contributed by atoms with van der Waals surface area (Å²) in [6.07, 6.45) is 1.60. The third-order valence-electron chi connectivity index (χ3n) is 3.49. The van der Waals surface area contributed by atoms with Crippen LogP contribution in [0.5, 0.6) is 0 Å². The Kier molecular flexibility index (Phi) is 5.37. The third kappa shape index (κ3) is 4.31. The summed E-state index contributed by atoms with van der Waals surface area (Å²) in [7, 11) is 0. The number of hydrogen-bond acceptors (Lipinski definition) is 4. The molecule has 128 valence electrons. The first kappa shape index (κ1) is 17.7. The molecule has 0 fully saturated rings. The Morgan fingerprint density at radius 2 is 1.69 bits per heavy atom. The molecule has 5 nitrogen and oxygen atoms in total. The molecule has 0 aliphatic heterocycles. The van der Waals surface area contributed by atoms with Gasteiger partial charge in [-0.1, -0.05) is 23.2 Å². The van der Waals surface area contributed by atoms with E-state index in [1.165, 1.54) is 6.07 Å². The van der Waals surface area contributed by atoms with Gasteiger partial charge in [-0.3, -0.25) is 4.79 Å². The number of aromatic nitrogens is 1. The first-order chi connectivity index (χ1) is 12.5. The average molecular weight is 383 g/mol. The van der Waals surface area contributed by atoms with Crippen molar-refractivity contribution >= 4 is 46.3 Å². The number of rotatable bonds is 4. The van der Waals surface area contributed by atoms with E-state index in [0.29, 0.717) is 27.0 Å². The predicted octanol–water partition coefficient (Wildman–Crippen LogP) is 5.26. The molecular weight excluding hydrogens is 371 g/mol. The highest BCUT2D eigenvalue weighted by molar-refractivity contribution is 6.42. The van der Waals surface area contributed by atoms with Crippen LogP contribution >= 0.6 is 23.2 Å². The van der Waals surface area contributed by atoms with Crippen LogP contribution in [0.1, 0.15) is 15.9 Å². The molecule has 0 aliphatic rings. The fourth-order valence-electron chi connectivity index (χ4n) is 2.16. The Balaban J connectivity index is 1.66. The number of amides is 1. The van der Waals surface area contributed by atoms with Gasteiger partial charge >= 0.3 is 0 Å². The van der Waals surface area contributed by atoms with Crippen molar-refractivity contribution in [3.63, 3.8) is 0 Å². The van der Waals surface area contributed by atoms with Crippen molar-refractivity contribution in [2.45, 2.75) is 0 Å². The maximum Gasteiger partial charge on any atom is 0.256 e. The van der Waals surface area contributed by atoms with E-state index in [1.807, 2.05) is 0 Å². The molecule has 0 bridgehead atoms. The van der Waals surface area contributed by atoms with Gasteiger partial charge in [-0.05, 0) is 54.6 Å². The summed E-state index contributed by atoms with van der Waals surface area (Å²) in [5.74, 6) is 0.0790. The smallest absolute Gasteiger partial charge is 0.256 e. The fraction of sp³-hybridized carbons (Fsp3) is 0. The Labute approximate surface area is 160 Å². The minimum Gasteiger partial charge on any atom is -0.354 e. The number of nitrogens with one attached hydrogen (secondary N) is 2. The summed E-state index contributed by atoms with van der Waals surface area (Å²) in [6, 6.07) is 17.2. The summed E-state index contributed by atoms with van der Waals surface area (Å²) in [4.78, 5) is 16.4. The second kappa shape index (κ2) is 7.87. The average Bonchev–Trinajstić information content (AvgIpc) is 2.66. The van der Waals surface area contributed by atoms with E-state index in [1.54, 1.807) is 54.7 Å². The molecule has 0 spiro atoms. The van der Waals surface area contributed by atoms with Gasteiger partial charge in [0.05, 0.1) is 33.6 Å². The summed E-state index contributed by atoms with van der Waals surface area (Å²) in [5, 5.41) is 15.4. The van der Waals surface area contributed by atoms with Crippen molar-refractivity contribution in [2.75, 3.05) is 10.6 Å². The summed E-state index contributed by atoms with van der Waals surface area (Å²) in [5.41, 5.74) is 2.57. The van der Waals surface area contributed by atoms with E-state index in [0.717, 1.165) is 11.4 Å². The second-order valence-electron chi connectivity index (χ2n) is 5.33. The van der Waals surface area contributed by atoms with E-state index in [-0.39, 0.29) is 5.91 Å². The maximum atomic E-state index is 12.2. The van der Waals surface area contributed by atoms with Gasteiger partial charge in [0, 0.05) is 11.3 Å². The lowest BCUT2D eigenvalue weighted by atomic mass is 10.2. The van der Waals surface area contributed by atoms with Crippen LogP contribution in [0.15, 0.2) is 60.8 Å². The second-order valence-corrected chi connectivity index (χ2v) is 6.14. The normalized spacial score (nSPS) is 10.0. The largest absolute Gasteiger partial charge is 0.354 e. The van der Waals surface area contributed by atoms with E-state index >= 15 is 0 Å². The number of pyridine rings is 1. The molecule has 0 atom stereocenters. The van der Waals surface area contributed by atoms with Crippen molar-refractivity contribution < 1.29 is 4.79 Å². The minimum atomic E-state index is -0.330. The molecule has 26 heavy (non-hydrogen) atoms. The monoisotopic (exact) mass is 382 g/mol. The lowest BCUT2D eigenvalue weighted by molar-refractivity contribution is 0.102.